The van der Waals surface area contributed by atoms with Crippen molar-refractivity contribution in [1.82, 2.24) is 10.2 Å². The summed E-state index contributed by atoms with van der Waals surface area (Å²) in [5.74, 6) is -0.0764. The number of carboxylic acid groups (broad SMARTS) is 1. The SMILES string of the molecule is CCN(CC(C)C)C1CCC(NC)(C(=O)O)C1. The van der Waals surface area contributed by atoms with Crippen molar-refractivity contribution in [3.05, 3.63) is 0 Å². The van der Waals surface area contributed by atoms with Gasteiger partial charge < -0.3 is 15.3 Å². The van der Waals surface area contributed by atoms with Crippen LogP contribution < -0.4 is 5.32 Å². The first-order valence-electron chi connectivity index (χ1n) is 6.61. The third-order valence-corrected chi connectivity index (χ3v) is 3.90. The molecule has 1 fully saturated rings. The molecule has 0 aromatic heterocycles. The minimum Gasteiger partial charge on any atom is -0.480 e. The van der Waals surface area contributed by atoms with E-state index in [1.165, 1.54) is 0 Å². The Morgan fingerprint density at radius 1 is 1.59 bits per heavy atom. The molecule has 0 bridgehead atoms. The van der Waals surface area contributed by atoms with E-state index in [1.54, 1.807) is 7.05 Å². The fraction of sp³-hybridized carbons (Fsp3) is 0.923. The van der Waals surface area contributed by atoms with Crippen LogP contribution in [0.2, 0.25) is 0 Å². The van der Waals surface area contributed by atoms with Crippen molar-refractivity contribution in [1.29, 1.82) is 0 Å². The van der Waals surface area contributed by atoms with E-state index in [4.69, 9.17) is 0 Å². The summed E-state index contributed by atoms with van der Waals surface area (Å²) in [4.78, 5) is 13.8. The van der Waals surface area contributed by atoms with Gasteiger partial charge in [-0.1, -0.05) is 20.8 Å². The lowest BCUT2D eigenvalue weighted by Crippen LogP contribution is -2.49. The van der Waals surface area contributed by atoms with Gasteiger partial charge >= 0.3 is 5.97 Å². The molecule has 2 unspecified atom stereocenters. The lowest BCUT2D eigenvalue weighted by atomic mass is 9.97. The van der Waals surface area contributed by atoms with Gasteiger partial charge in [0.2, 0.25) is 0 Å². The first kappa shape index (κ1) is 14.5. The molecule has 17 heavy (non-hydrogen) atoms. The highest BCUT2D eigenvalue weighted by molar-refractivity contribution is 5.79. The van der Waals surface area contributed by atoms with Crippen LogP contribution >= 0.6 is 0 Å². The number of hydrogen-bond donors (Lipinski definition) is 2. The second-order valence-corrected chi connectivity index (χ2v) is 5.52. The summed E-state index contributed by atoms with van der Waals surface area (Å²) in [7, 11) is 1.76. The molecule has 0 heterocycles. The van der Waals surface area contributed by atoms with Crippen molar-refractivity contribution in [3.8, 4) is 0 Å². The predicted octanol–water partition coefficient (Wildman–Crippen LogP) is 1.56. The quantitative estimate of drug-likeness (QED) is 0.742. The van der Waals surface area contributed by atoms with Gasteiger partial charge in [0, 0.05) is 12.6 Å². The maximum Gasteiger partial charge on any atom is 0.323 e. The monoisotopic (exact) mass is 242 g/mol. The summed E-state index contributed by atoms with van der Waals surface area (Å²) >= 11 is 0. The summed E-state index contributed by atoms with van der Waals surface area (Å²) in [6, 6.07) is 0.408. The Morgan fingerprint density at radius 2 is 2.24 bits per heavy atom. The third-order valence-electron chi connectivity index (χ3n) is 3.90. The van der Waals surface area contributed by atoms with E-state index in [9.17, 15) is 9.90 Å². The van der Waals surface area contributed by atoms with Crippen LogP contribution in [-0.4, -0.2) is 47.7 Å². The Hall–Kier alpha value is -0.610. The molecule has 0 amide bonds. The Bertz CT molecular complexity index is 268. The Kier molecular flexibility index (Phi) is 4.95. The Labute approximate surface area is 104 Å². The lowest BCUT2D eigenvalue weighted by molar-refractivity contribution is -0.144. The summed E-state index contributed by atoms with van der Waals surface area (Å²) < 4.78 is 0. The Balaban J connectivity index is 2.67. The van der Waals surface area contributed by atoms with Gasteiger partial charge in [-0.2, -0.15) is 0 Å². The number of nitrogens with one attached hydrogen (secondary N) is 1. The molecular formula is C13H26N2O2. The number of hydrogen-bond acceptors (Lipinski definition) is 3. The highest BCUT2D eigenvalue weighted by Gasteiger charge is 2.45. The van der Waals surface area contributed by atoms with E-state index in [0.717, 1.165) is 32.4 Å². The molecule has 4 heteroatoms. The van der Waals surface area contributed by atoms with Crippen LogP contribution in [0.4, 0.5) is 0 Å². The highest BCUT2D eigenvalue weighted by atomic mass is 16.4. The summed E-state index contributed by atoms with van der Waals surface area (Å²) in [5.41, 5.74) is -0.699. The molecule has 2 N–H and O–H groups in total. The van der Waals surface area contributed by atoms with Gasteiger partial charge in [-0.3, -0.25) is 4.79 Å². The van der Waals surface area contributed by atoms with Gasteiger partial charge in [-0.15, -0.1) is 0 Å². The molecule has 0 aromatic rings. The van der Waals surface area contributed by atoms with Crippen LogP contribution in [0, 0.1) is 5.92 Å². The number of nitrogens with zero attached hydrogens (tertiary/aromatic N) is 1. The van der Waals surface area contributed by atoms with Gasteiger partial charge in [0.25, 0.3) is 0 Å². The van der Waals surface area contributed by atoms with Crippen molar-refractivity contribution in [2.45, 2.75) is 51.6 Å². The van der Waals surface area contributed by atoms with Crippen LogP contribution in [-0.2, 0) is 4.79 Å². The summed E-state index contributed by atoms with van der Waals surface area (Å²) in [6.07, 6.45) is 2.44. The molecule has 1 rings (SSSR count). The maximum absolute atomic E-state index is 11.4. The van der Waals surface area contributed by atoms with Crippen molar-refractivity contribution >= 4 is 5.97 Å². The second-order valence-electron chi connectivity index (χ2n) is 5.52. The number of rotatable bonds is 6. The van der Waals surface area contributed by atoms with Crippen LogP contribution in [0.15, 0.2) is 0 Å². The number of likely N-dealkylation sites (N-methyl/N-ethyl adjacent to an activating group) is 1. The predicted molar refractivity (Wildman–Crippen MR) is 69.2 cm³/mol. The van der Waals surface area contributed by atoms with E-state index in [0.29, 0.717) is 12.0 Å². The number of carbonyl (C=O) groups is 1. The standard InChI is InChI=1S/C13H26N2O2/c1-5-15(9-10(2)3)11-6-7-13(8-11,14-4)12(16)17/h10-11,14H,5-9H2,1-4H3,(H,16,17). The fourth-order valence-corrected chi connectivity index (χ4v) is 2.86. The highest BCUT2D eigenvalue weighted by Crippen LogP contribution is 2.33. The van der Waals surface area contributed by atoms with Crippen LogP contribution in [0.25, 0.3) is 0 Å². The maximum atomic E-state index is 11.4. The average Bonchev–Trinajstić information content (AvgIpc) is 2.71. The molecule has 0 aromatic carbocycles. The largest absolute Gasteiger partial charge is 0.480 e. The molecule has 1 aliphatic carbocycles. The molecule has 0 saturated heterocycles. The van der Waals surface area contributed by atoms with Gasteiger partial charge in [-0.25, -0.2) is 0 Å². The third kappa shape index (κ3) is 3.19. The lowest BCUT2D eigenvalue weighted by Gasteiger charge is -2.31. The normalized spacial score (nSPS) is 29.2. The molecule has 0 radical (unpaired) electrons. The van der Waals surface area contributed by atoms with Gasteiger partial charge in [-0.05, 0) is 38.8 Å². The van der Waals surface area contributed by atoms with Crippen LogP contribution in [0.1, 0.15) is 40.0 Å². The van der Waals surface area contributed by atoms with Crippen molar-refractivity contribution in [2.75, 3.05) is 20.1 Å². The fourth-order valence-electron chi connectivity index (χ4n) is 2.86. The first-order chi connectivity index (χ1) is 7.95. The van der Waals surface area contributed by atoms with Gasteiger partial charge in [0.1, 0.15) is 5.54 Å². The molecular weight excluding hydrogens is 216 g/mol. The molecule has 1 aliphatic rings. The molecule has 0 aliphatic heterocycles. The van der Waals surface area contributed by atoms with E-state index >= 15 is 0 Å². The van der Waals surface area contributed by atoms with Gasteiger partial charge in [0.05, 0.1) is 0 Å². The number of carboxylic acids is 1. The number of aliphatic carboxylic acids is 1. The zero-order valence-corrected chi connectivity index (χ0v) is 11.5. The average molecular weight is 242 g/mol. The topological polar surface area (TPSA) is 52.6 Å². The van der Waals surface area contributed by atoms with E-state index < -0.39 is 11.5 Å². The molecule has 1 saturated carbocycles. The van der Waals surface area contributed by atoms with Crippen LogP contribution in [0.3, 0.4) is 0 Å². The van der Waals surface area contributed by atoms with E-state index in [1.807, 2.05) is 0 Å². The van der Waals surface area contributed by atoms with Crippen LogP contribution in [0.5, 0.6) is 0 Å². The minimum absolute atomic E-state index is 0.408. The Morgan fingerprint density at radius 3 is 2.59 bits per heavy atom. The zero-order chi connectivity index (χ0) is 13.1. The zero-order valence-electron chi connectivity index (χ0n) is 11.5. The molecule has 0 spiro atoms. The second kappa shape index (κ2) is 5.83. The van der Waals surface area contributed by atoms with E-state index in [-0.39, 0.29) is 0 Å². The summed E-state index contributed by atoms with van der Waals surface area (Å²) in [5, 5.41) is 12.3. The molecule has 2 atom stereocenters. The van der Waals surface area contributed by atoms with Crippen molar-refractivity contribution in [3.63, 3.8) is 0 Å². The van der Waals surface area contributed by atoms with Gasteiger partial charge in [0.15, 0.2) is 0 Å². The molecule has 100 valence electrons. The minimum atomic E-state index is -0.705. The molecule has 4 nitrogen and oxygen atoms in total. The summed E-state index contributed by atoms with van der Waals surface area (Å²) in [6.45, 7) is 8.63. The first-order valence-corrected chi connectivity index (χ1v) is 6.61. The smallest absolute Gasteiger partial charge is 0.323 e. The van der Waals surface area contributed by atoms with Crippen molar-refractivity contribution < 1.29 is 9.90 Å². The van der Waals surface area contributed by atoms with E-state index in [2.05, 4.69) is 31.0 Å². The van der Waals surface area contributed by atoms with Crippen molar-refractivity contribution in [2.24, 2.45) is 5.92 Å².